The standard InChI is InChI=1S/C13H14N2O4/c1-3-4-5-8-14-10-6-7-12(15(17)18)11(9-10)13(16)19-2/h6-7,9,14H,5,8H2,1-2H3. The lowest BCUT2D eigenvalue weighted by atomic mass is 10.1. The molecule has 1 aromatic carbocycles. The van der Waals surface area contributed by atoms with Crippen molar-refractivity contribution < 1.29 is 14.5 Å². The van der Waals surface area contributed by atoms with Crippen molar-refractivity contribution in [3.63, 3.8) is 0 Å². The molecule has 1 aromatic rings. The van der Waals surface area contributed by atoms with Gasteiger partial charge in [-0.05, 0) is 19.1 Å². The van der Waals surface area contributed by atoms with E-state index in [0.29, 0.717) is 18.7 Å². The van der Waals surface area contributed by atoms with Gasteiger partial charge in [0.25, 0.3) is 5.69 Å². The van der Waals surface area contributed by atoms with Crippen LogP contribution in [0.5, 0.6) is 0 Å². The minimum absolute atomic E-state index is 0.0703. The third kappa shape index (κ3) is 4.00. The molecule has 0 heterocycles. The Balaban J connectivity index is 2.93. The second-order valence-electron chi connectivity index (χ2n) is 3.58. The molecule has 0 atom stereocenters. The zero-order valence-corrected chi connectivity index (χ0v) is 10.7. The van der Waals surface area contributed by atoms with E-state index in [1.54, 1.807) is 13.0 Å². The maximum absolute atomic E-state index is 11.5. The predicted octanol–water partition coefficient (Wildman–Crippen LogP) is 2.21. The molecule has 100 valence electrons. The number of nitrogens with one attached hydrogen (secondary N) is 1. The van der Waals surface area contributed by atoms with Gasteiger partial charge in [-0.2, -0.15) is 0 Å². The van der Waals surface area contributed by atoms with Crippen LogP contribution in [0.1, 0.15) is 23.7 Å². The van der Waals surface area contributed by atoms with Gasteiger partial charge in [-0.15, -0.1) is 11.8 Å². The highest BCUT2D eigenvalue weighted by molar-refractivity contribution is 5.95. The molecule has 1 N–H and O–H groups in total. The maximum Gasteiger partial charge on any atom is 0.344 e. The maximum atomic E-state index is 11.5. The molecule has 0 amide bonds. The molecule has 0 aliphatic carbocycles. The van der Waals surface area contributed by atoms with Crippen molar-refractivity contribution in [3.8, 4) is 11.8 Å². The smallest absolute Gasteiger partial charge is 0.344 e. The lowest BCUT2D eigenvalue weighted by Gasteiger charge is -2.06. The molecular formula is C13H14N2O4. The molecule has 0 aliphatic rings. The highest BCUT2D eigenvalue weighted by Gasteiger charge is 2.21. The third-order valence-corrected chi connectivity index (χ3v) is 2.35. The van der Waals surface area contributed by atoms with Gasteiger partial charge in [0.1, 0.15) is 5.56 Å². The van der Waals surface area contributed by atoms with Gasteiger partial charge in [-0.1, -0.05) is 0 Å². The molecule has 0 bridgehead atoms. The summed E-state index contributed by atoms with van der Waals surface area (Å²) >= 11 is 0. The summed E-state index contributed by atoms with van der Waals surface area (Å²) in [4.78, 5) is 21.7. The van der Waals surface area contributed by atoms with Gasteiger partial charge in [0.2, 0.25) is 0 Å². The number of benzene rings is 1. The van der Waals surface area contributed by atoms with Crippen molar-refractivity contribution in [1.82, 2.24) is 0 Å². The second kappa shape index (κ2) is 7.01. The first kappa shape index (κ1) is 14.5. The number of hydrogen-bond donors (Lipinski definition) is 1. The van der Waals surface area contributed by atoms with E-state index in [1.165, 1.54) is 19.2 Å². The minimum Gasteiger partial charge on any atom is -0.465 e. The summed E-state index contributed by atoms with van der Waals surface area (Å²) < 4.78 is 4.53. The van der Waals surface area contributed by atoms with Crippen molar-refractivity contribution >= 4 is 17.3 Å². The molecule has 0 aliphatic heterocycles. The Morgan fingerprint density at radius 2 is 2.26 bits per heavy atom. The topological polar surface area (TPSA) is 81.5 Å². The molecule has 6 heteroatoms. The fourth-order valence-electron chi connectivity index (χ4n) is 1.47. The van der Waals surface area contributed by atoms with Crippen LogP contribution in [0.3, 0.4) is 0 Å². The molecule has 0 aromatic heterocycles. The predicted molar refractivity (Wildman–Crippen MR) is 71.0 cm³/mol. The Morgan fingerprint density at radius 3 is 2.84 bits per heavy atom. The molecule has 0 spiro atoms. The number of ether oxygens (including phenoxy) is 1. The van der Waals surface area contributed by atoms with Gasteiger partial charge in [-0.3, -0.25) is 10.1 Å². The summed E-state index contributed by atoms with van der Waals surface area (Å²) in [7, 11) is 1.18. The molecule has 0 saturated heterocycles. The highest BCUT2D eigenvalue weighted by atomic mass is 16.6. The molecule has 0 saturated carbocycles. The summed E-state index contributed by atoms with van der Waals surface area (Å²) in [5.74, 6) is 4.91. The van der Waals surface area contributed by atoms with E-state index in [2.05, 4.69) is 21.9 Å². The Bertz CT molecular complexity index is 543. The molecule has 0 fully saturated rings. The van der Waals surface area contributed by atoms with E-state index in [9.17, 15) is 14.9 Å². The van der Waals surface area contributed by atoms with Gasteiger partial charge in [0, 0.05) is 24.7 Å². The van der Waals surface area contributed by atoms with E-state index in [0.717, 1.165) is 0 Å². The van der Waals surface area contributed by atoms with Gasteiger partial charge in [-0.25, -0.2) is 4.79 Å². The summed E-state index contributed by atoms with van der Waals surface area (Å²) in [6.45, 7) is 2.35. The van der Waals surface area contributed by atoms with Crippen LogP contribution >= 0.6 is 0 Å². The van der Waals surface area contributed by atoms with Crippen LogP contribution in [0.25, 0.3) is 0 Å². The summed E-state index contributed by atoms with van der Waals surface area (Å²) in [5, 5.41) is 13.8. The Kier molecular flexibility index (Phi) is 5.35. The van der Waals surface area contributed by atoms with E-state index in [1.807, 2.05) is 0 Å². The Labute approximate surface area is 110 Å². The summed E-state index contributed by atoms with van der Waals surface area (Å²) in [6.07, 6.45) is 0.654. The zero-order chi connectivity index (χ0) is 14.3. The first-order valence-corrected chi connectivity index (χ1v) is 5.60. The number of esters is 1. The number of rotatable bonds is 5. The van der Waals surface area contributed by atoms with Crippen LogP contribution in [-0.2, 0) is 4.74 Å². The monoisotopic (exact) mass is 262 g/mol. The fraction of sp³-hybridized carbons (Fsp3) is 0.308. The lowest BCUT2D eigenvalue weighted by molar-refractivity contribution is -0.385. The van der Waals surface area contributed by atoms with Crippen molar-refractivity contribution in [1.29, 1.82) is 0 Å². The minimum atomic E-state index is -0.733. The number of nitro benzene ring substituents is 1. The highest BCUT2D eigenvalue weighted by Crippen LogP contribution is 2.23. The number of carbonyl (C=O) groups is 1. The average molecular weight is 262 g/mol. The zero-order valence-electron chi connectivity index (χ0n) is 10.7. The number of anilines is 1. The number of methoxy groups -OCH3 is 1. The number of nitrogens with zero attached hydrogens (tertiary/aromatic N) is 1. The number of hydrogen-bond acceptors (Lipinski definition) is 5. The Morgan fingerprint density at radius 1 is 1.53 bits per heavy atom. The van der Waals surface area contributed by atoms with Gasteiger partial charge >= 0.3 is 5.97 Å². The van der Waals surface area contributed by atoms with E-state index >= 15 is 0 Å². The normalized spacial score (nSPS) is 9.16. The molecule has 6 nitrogen and oxygen atoms in total. The number of nitro groups is 1. The van der Waals surface area contributed by atoms with E-state index in [-0.39, 0.29) is 11.3 Å². The first-order valence-electron chi connectivity index (χ1n) is 5.60. The number of carbonyl (C=O) groups excluding carboxylic acids is 1. The van der Waals surface area contributed by atoms with Gasteiger partial charge in [0.05, 0.1) is 12.0 Å². The van der Waals surface area contributed by atoms with Gasteiger partial charge in [0.15, 0.2) is 0 Å². The van der Waals surface area contributed by atoms with E-state index in [4.69, 9.17) is 0 Å². The van der Waals surface area contributed by atoms with Crippen LogP contribution < -0.4 is 5.32 Å². The van der Waals surface area contributed by atoms with Crippen molar-refractivity contribution in [2.75, 3.05) is 19.0 Å². The molecule has 0 radical (unpaired) electrons. The largest absolute Gasteiger partial charge is 0.465 e. The van der Waals surface area contributed by atoms with Crippen molar-refractivity contribution in [2.24, 2.45) is 0 Å². The van der Waals surface area contributed by atoms with Crippen LogP contribution in [0.2, 0.25) is 0 Å². The molecule has 19 heavy (non-hydrogen) atoms. The van der Waals surface area contributed by atoms with E-state index < -0.39 is 10.9 Å². The molecule has 1 rings (SSSR count). The van der Waals surface area contributed by atoms with Crippen molar-refractivity contribution in [3.05, 3.63) is 33.9 Å². The fourth-order valence-corrected chi connectivity index (χ4v) is 1.47. The van der Waals surface area contributed by atoms with Crippen LogP contribution in [0, 0.1) is 22.0 Å². The second-order valence-corrected chi connectivity index (χ2v) is 3.58. The first-order chi connectivity index (χ1) is 9.10. The molecular weight excluding hydrogens is 248 g/mol. The van der Waals surface area contributed by atoms with Gasteiger partial charge < -0.3 is 10.1 Å². The lowest BCUT2D eigenvalue weighted by Crippen LogP contribution is -2.08. The summed E-state index contributed by atoms with van der Waals surface area (Å²) in [6, 6.07) is 4.23. The molecule has 0 unspecified atom stereocenters. The SMILES string of the molecule is CC#CCCNc1ccc([N+](=O)[O-])c(C(=O)OC)c1. The van der Waals surface area contributed by atoms with Crippen molar-refractivity contribution in [2.45, 2.75) is 13.3 Å². The average Bonchev–Trinajstić information content (AvgIpc) is 2.42. The quantitative estimate of drug-likeness (QED) is 0.289. The van der Waals surface area contributed by atoms with Crippen LogP contribution in [0.15, 0.2) is 18.2 Å². The Hall–Kier alpha value is -2.55. The van der Waals surface area contributed by atoms with Crippen LogP contribution in [0.4, 0.5) is 11.4 Å². The summed E-state index contributed by atoms with van der Waals surface area (Å²) in [5.41, 5.74) is 0.272. The third-order valence-electron chi connectivity index (χ3n) is 2.35. The van der Waals surface area contributed by atoms with Crippen LogP contribution in [-0.4, -0.2) is 24.5 Å².